The highest BCUT2D eigenvalue weighted by atomic mass is 35.7. The van der Waals surface area contributed by atoms with E-state index in [1.165, 1.54) is 0 Å². The minimum absolute atomic E-state index is 0.0481. The molecule has 0 fully saturated rings. The number of azo groups is 1. The van der Waals surface area contributed by atoms with Crippen molar-refractivity contribution in [2.45, 2.75) is 63.7 Å². The van der Waals surface area contributed by atoms with E-state index in [1.54, 1.807) is 20.8 Å². The van der Waals surface area contributed by atoms with E-state index in [0.717, 1.165) is 0 Å². The van der Waals surface area contributed by atoms with Crippen molar-refractivity contribution < 1.29 is 9.53 Å². The number of hydrogen-bond acceptors (Lipinski definition) is 6. The first-order valence-electron chi connectivity index (χ1n) is 7.23. The lowest BCUT2D eigenvalue weighted by molar-refractivity contribution is -0.143. The number of nitriles is 2. The minimum atomic E-state index is -2.16. The third kappa shape index (κ3) is 11.1. The van der Waals surface area contributed by atoms with Crippen LogP contribution in [0.1, 0.15) is 40.0 Å². The third-order valence-corrected chi connectivity index (χ3v) is 5.24. The SMILES string of the molecule is CC(C)(C#N)N=NC(C)(C#N)CCC(=O)OCCC[Si](C)(Cl)Cl. The molecule has 23 heavy (non-hydrogen) atoms. The summed E-state index contributed by atoms with van der Waals surface area (Å²) in [6.45, 7) is 4.65. The lowest BCUT2D eigenvalue weighted by Gasteiger charge is -2.16. The standard InChI is InChI=1S/C14H22Cl2N4O2Si/c1-13(2,10-17)19-20-14(3,11-18)7-6-12(21)22-8-5-9-23(4,15)16/h5-9H2,1-4H3. The Balaban J connectivity index is 4.33. The Morgan fingerprint density at radius 2 is 1.83 bits per heavy atom. The molecule has 0 aromatic rings. The van der Waals surface area contributed by atoms with Gasteiger partial charge < -0.3 is 4.74 Å². The third-order valence-electron chi connectivity index (χ3n) is 2.87. The average molecular weight is 377 g/mol. The van der Waals surface area contributed by atoms with Crippen molar-refractivity contribution in [1.29, 1.82) is 10.5 Å². The summed E-state index contributed by atoms with van der Waals surface area (Å²) in [7, 11) is 0. The lowest BCUT2D eigenvalue weighted by Crippen LogP contribution is -2.23. The second-order valence-corrected chi connectivity index (χ2v) is 14.4. The molecule has 0 amide bonds. The van der Waals surface area contributed by atoms with Gasteiger partial charge in [-0.15, -0.1) is 22.2 Å². The highest BCUT2D eigenvalue weighted by Crippen LogP contribution is 2.22. The molecule has 0 aliphatic carbocycles. The molecule has 0 aromatic heterocycles. The maximum atomic E-state index is 11.7. The summed E-state index contributed by atoms with van der Waals surface area (Å²) < 4.78 is 5.08. The Bertz CT molecular complexity index is 520. The molecule has 1 atom stereocenters. The predicted octanol–water partition coefficient (Wildman–Crippen LogP) is 4.29. The number of halogens is 2. The number of hydrogen-bond donors (Lipinski definition) is 0. The number of carbonyl (C=O) groups is 1. The molecule has 0 aliphatic heterocycles. The summed E-state index contributed by atoms with van der Waals surface area (Å²) in [6, 6.07) is 4.63. The van der Waals surface area contributed by atoms with E-state index in [1.807, 2.05) is 18.7 Å². The van der Waals surface area contributed by atoms with Gasteiger partial charge in [-0.3, -0.25) is 4.79 Å². The van der Waals surface area contributed by atoms with Crippen LogP contribution in [0.5, 0.6) is 0 Å². The molecule has 0 rings (SSSR count). The maximum Gasteiger partial charge on any atom is 0.305 e. The van der Waals surface area contributed by atoms with Gasteiger partial charge in [0.05, 0.1) is 18.7 Å². The quantitative estimate of drug-likeness (QED) is 0.197. The average Bonchev–Trinajstić information content (AvgIpc) is 2.47. The minimum Gasteiger partial charge on any atom is -0.466 e. The van der Waals surface area contributed by atoms with Gasteiger partial charge in [0.1, 0.15) is 0 Å². The van der Waals surface area contributed by atoms with Gasteiger partial charge in [-0.05, 0) is 46.2 Å². The number of ether oxygens (including phenoxy) is 1. The number of carbonyl (C=O) groups excluding carboxylic acids is 1. The van der Waals surface area contributed by atoms with E-state index in [-0.39, 0.29) is 19.4 Å². The van der Waals surface area contributed by atoms with Crippen molar-refractivity contribution in [2.24, 2.45) is 10.2 Å². The molecule has 0 N–H and O–H groups in total. The Morgan fingerprint density at radius 3 is 2.30 bits per heavy atom. The number of nitrogens with zero attached hydrogens (tertiary/aromatic N) is 4. The summed E-state index contributed by atoms with van der Waals surface area (Å²) >= 11 is 11.9. The van der Waals surface area contributed by atoms with E-state index in [4.69, 9.17) is 32.2 Å². The van der Waals surface area contributed by atoms with Crippen LogP contribution >= 0.6 is 22.2 Å². The molecule has 6 nitrogen and oxygen atoms in total. The van der Waals surface area contributed by atoms with Crippen LogP contribution in [-0.4, -0.2) is 30.3 Å². The van der Waals surface area contributed by atoms with Crippen LogP contribution in [0.3, 0.4) is 0 Å². The van der Waals surface area contributed by atoms with E-state index in [0.29, 0.717) is 12.5 Å². The zero-order valence-electron chi connectivity index (χ0n) is 13.9. The van der Waals surface area contributed by atoms with Crippen LogP contribution in [0.15, 0.2) is 10.2 Å². The molecule has 0 aliphatic rings. The zero-order valence-corrected chi connectivity index (χ0v) is 16.4. The van der Waals surface area contributed by atoms with Crippen molar-refractivity contribution in [3.8, 4) is 12.1 Å². The van der Waals surface area contributed by atoms with Crippen molar-refractivity contribution in [1.82, 2.24) is 0 Å². The maximum absolute atomic E-state index is 11.7. The van der Waals surface area contributed by atoms with Gasteiger partial charge in [0.25, 0.3) is 0 Å². The van der Waals surface area contributed by atoms with Gasteiger partial charge in [0.2, 0.25) is 6.69 Å². The molecule has 128 valence electrons. The van der Waals surface area contributed by atoms with Gasteiger partial charge in [-0.2, -0.15) is 20.8 Å². The molecule has 0 heterocycles. The van der Waals surface area contributed by atoms with Gasteiger partial charge >= 0.3 is 5.97 Å². The van der Waals surface area contributed by atoms with Crippen LogP contribution in [0.25, 0.3) is 0 Å². The summed E-state index contributed by atoms with van der Waals surface area (Å²) in [4.78, 5) is 11.7. The van der Waals surface area contributed by atoms with E-state index < -0.39 is 23.7 Å². The topological polar surface area (TPSA) is 98.6 Å². The Labute approximate surface area is 147 Å². The molecule has 0 radical (unpaired) electrons. The Morgan fingerprint density at radius 1 is 1.22 bits per heavy atom. The number of esters is 1. The number of rotatable bonds is 9. The normalized spacial score (nSPS) is 14.8. The predicted molar refractivity (Wildman–Crippen MR) is 91.5 cm³/mol. The van der Waals surface area contributed by atoms with E-state index in [2.05, 4.69) is 10.2 Å². The molecular formula is C14H22Cl2N4O2Si. The first-order valence-corrected chi connectivity index (χ1v) is 12.0. The summed E-state index contributed by atoms with van der Waals surface area (Å²) in [6.07, 6.45) is 0.838. The van der Waals surface area contributed by atoms with Crippen LogP contribution in [0.2, 0.25) is 12.6 Å². The highest BCUT2D eigenvalue weighted by Gasteiger charge is 2.27. The first-order chi connectivity index (χ1) is 10.4. The smallest absolute Gasteiger partial charge is 0.305 e. The summed E-state index contributed by atoms with van der Waals surface area (Å²) in [5.74, 6) is -0.409. The molecular weight excluding hydrogens is 355 g/mol. The fraction of sp³-hybridized carbons (Fsp3) is 0.786. The Kier molecular flexibility index (Phi) is 8.76. The second kappa shape index (κ2) is 9.22. The van der Waals surface area contributed by atoms with E-state index >= 15 is 0 Å². The fourth-order valence-corrected chi connectivity index (χ4v) is 2.94. The van der Waals surface area contributed by atoms with Gasteiger partial charge in [0, 0.05) is 6.42 Å². The van der Waals surface area contributed by atoms with Gasteiger partial charge in [-0.1, -0.05) is 0 Å². The van der Waals surface area contributed by atoms with Gasteiger partial charge in [-0.25, -0.2) is 0 Å². The fourth-order valence-electron chi connectivity index (χ4n) is 1.37. The van der Waals surface area contributed by atoms with Crippen LogP contribution in [0.4, 0.5) is 0 Å². The van der Waals surface area contributed by atoms with Crippen molar-refractivity contribution in [3.63, 3.8) is 0 Å². The van der Waals surface area contributed by atoms with Crippen LogP contribution in [0, 0.1) is 22.7 Å². The van der Waals surface area contributed by atoms with E-state index in [9.17, 15) is 10.1 Å². The molecule has 0 bridgehead atoms. The lowest BCUT2D eigenvalue weighted by atomic mass is 9.99. The summed E-state index contributed by atoms with van der Waals surface area (Å²) in [5.41, 5.74) is -2.16. The molecule has 0 aromatic carbocycles. The molecule has 0 spiro atoms. The Hall–Kier alpha value is -1.15. The van der Waals surface area contributed by atoms with Crippen LogP contribution < -0.4 is 0 Å². The molecule has 0 saturated heterocycles. The van der Waals surface area contributed by atoms with Crippen molar-refractivity contribution in [3.05, 3.63) is 0 Å². The molecule has 0 saturated carbocycles. The van der Waals surface area contributed by atoms with Gasteiger partial charge in [0.15, 0.2) is 11.1 Å². The van der Waals surface area contributed by atoms with Crippen LogP contribution in [-0.2, 0) is 9.53 Å². The van der Waals surface area contributed by atoms with Crippen molar-refractivity contribution in [2.75, 3.05) is 6.61 Å². The summed E-state index contributed by atoms with van der Waals surface area (Å²) in [5, 5.41) is 25.9. The van der Waals surface area contributed by atoms with Crippen molar-refractivity contribution >= 4 is 34.8 Å². The monoisotopic (exact) mass is 376 g/mol. The molecule has 1 unspecified atom stereocenters. The highest BCUT2D eigenvalue weighted by molar-refractivity contribution is 7.44. The zero-order chi connectivity index (χ0) is 18.1. The first kappa shape index (κ1) is 21.8. The second-order valence-electron chi connectivity index (χ2n) is 6.15. The largest absolute Gasteiger partial charge is 0.466 e. The molecule has 9 heteroatoms.